The molecule has 0 saturated heterocycles. The molecule has 1 fully saturated rings. The molecule has 1 aromatic rings. The van der Waals surface area contributed by atoms with Crippen LogP contribution >= 0.6 is 0 Å². The van der Waals surface area contributed by atoms with E-state index in [9.17, 15) is 5.11 Å². The zero-order valence-electron chi connectivity index (χ0n) is 8.82. The van der Waals surface area contributed by atoms with E-state index in [1.807, 2.05) is 6.07 Å². The monoisotopic (exact) mass is 203 g/mol. The van der Waals surface area contributed by atoms with Crippen LogP contribution in [0.15, 0.2) is 18.2 Å². The Hall–Kier alpha value is -1.02. The van der Waals surface area contributed by atoms with Crippen molar-refractivity contribution in [1.29, 1.82) is 0 Å². The van der Waals surface area contributed by atoms with Gasteiger partial charge in [-0.05, 0) is 60.8 Å². The summed E-state index contributed by atoms with van der Waals surface area (Å²) in [4.78, 5) is 0. The van der Waals surface area contributed by atoms with Crippen molar-refractivity contribution >= 4 is 0 Å². The summed E-state index contributed by atoms with van der Waals surface area (Å²) in [6.07, 6.45) is 4.71. The minimum absolute atomic E-state index is 0.375. The molecule has 1 aromatic carbocycles. The summed E-state index contributed by atoms with van der Waals surface area (Å²) >= 11 is 0. The first-order valence-corrected chi connectivity index (χ1v) is 5.80. The highest BCUT2D eigenvalue weighted by molar-refractivity contribution is 5.37. The van der Waals surface area contributed by atoms with Crippen molar-refractivity contribution in [3.05, 3.63) is 29.3 Å². The molecule has 2 bridgehead atoms. The lowest BCUT2D eigenvalue weighted by Gasteiger charge is -2.15. The van der Waals surface area contributed by atoms with E-state index in [0.717, 1.165) is 12.8 Å². The predicted molar refractivity (Wildman–Crippen MR) is 59.7 cm³/mol. The van der Waals surface area contributed by atoms with Crippen LogP contribution < -0.4 is 5.73 Å². The molecule has 2 aliphatic rings. The third kappa shape index (κ3) is 1.44. The number of phenols is 1. The summed E-state index contributed by atoms with van der Waals surface area (Å²) in [7, 11) is 0. The Balaban J connectivity index is 2.02. The summed E-state index contributed by atoms with van der Waals surface area (Å²) in [5.41, 5.74) is 8.96. The lowest BCUT2D eigenvalue weighted by Crippen LogP contribution is -2.31. The first-order valence-electron chi connectivity index (χ1n) is 5.80. The lowest BCUT2D eigenvalue weighted by molar-refractivity contribution is 0.421. The Morgan fingerprint density at radius 2 is 1.73 bits per heavy atom. The van der Waals surface area contributed by atoms with Crippen LogP contribution in [0.5, 0.6) is 5.75 Å². The normalized spacial score (nSPS) is 33.5. The Morgan fingerprint density at radius 1 is 1.07 bits per heavy atom. The molecule has 3 N–H and O–H groups in total. The zero-order valence-corrected chi connectivity index (χ0v) is 8.82. The van der Waals surface area contributed by atoms with E-state index in [4.69, 9.17) is 5.73 Å². The summed E-state index contributed by atoms with van der Waals surface area (Å²) in [5.74, 6) is 1.69. The fraction of sp³-hybridized carbons (Fsp3) is 0.538. The van der Waals surface area contributed by atoms with Crippen molar-refractivity contribution in [3.8, 4) is 5.75 Å². The number of aromatic hydroxyl groups is 1. The van der Waals surface area contributed by atoms with Gasteiger partial charge in [0.25, 0.3) is 0 Å². The highest BCUT2D eigenvalue weighted by atomic mass is 16.3. The van der Waals surface area contributed by atoms with Gasteiger partial charge in [-0.25, -0.2) is 0 Å². The molecule has 3 rings (SSSR count). The molecule has 0 heterocycles. The quantitative estimate of drug-likeness (QED) is 0.676. The topological polar surface area (TPSA) is 46.2 Å². The van der Waals surface area contributed by atoms with Crippen LogP contribution in [-0.2, 0) is 12.8 Å². The molecule has 0 amide bonds. The van der Waals surface area contributed by atoms with Gasteiger partial charge in [0.05, 0.1) is 0 Å². The third-order valence-electron chi connectivity index (χ3n) is 4.15. The maximum Gasteiger partial charge on any atom is 0.115 e. The Kier molecular flexibility index (Phi) is 1.99. The molecule has 2 heteroatoms. The van der Waals surface area contributed by atoms with E-state index < -0.39 is 0 Å². The van der Waals surface area contributed by atoms with E-state index in [2.05, 4.69) is 6.07 Å². The summed E-state index contributed by atoms with van der Waals surface area (Å²) in [6.45, 7) is 0. The minimum atomic E-state index is 0.375. The maximum absolute atomic E-state index is 9.48. The lowest BCUT2D eigenvalue weighted by atomic mass is 9.93. The fourth-order valence-electron chi connectivity index (χ4n) is 3.24. The molecule has 15 heavy (non-hydrogen) atoms. The van der Waals surface area contributed by atoms with Gasteiger partial charge in [0.1, 0.15) is 5.75 Å². The molecule has 0 aliphatic heterocycles. The molecule has 2 nitrogen and oxygen atoms in total. The SMILES string of the molecule is N[C@H]1[C@@H]2CC[C@H]1Cc1ccc(O)cc1C2. The van der Waals surface area contributed by atoms with Gasteiger partial charge in [-0.3, -0.25) is 0 Å². The number of benzene rings is 1. The van der Waals surface area contributed by atoms with Gasteiger partial charge >= 0.3 is 0 Å². The molecule has 3 atom stereocenters. The van der Waals surface area contributed by atoms with Gasteiger partial charge in [0.2, 0.25) is 0 Å². The highest BCUT2D eigenvalue weighted by Gasteiger charge is 2.36. The van der Waals surface area contributed by atoms with Crippen LogP contribution in [0.3, 0.4) is 0 Å². The van der Waals surface area contributed by atoms with Crippen LogP contribution in [0.25, 0.3) is 0 Å². The van der Waals surface area contributed by atoms with Gasteiger partial charge in [-0.1, -0.05) is 6.07 Å². The van der Waals surface area contributed by atoms with Crippen LogP contribution in [0, 0.1) is 11.8 Å². The standard InChI is InChI=1S/C13H17NO/c14-13-9-1-2-10(13)6-11-7-12(15)4-3-8(11)5-9/h3-4,7,9-10,13,15H,1-2,5-6,14H2/t9-,10+,13+/m0/s1. The van der Waals surface area contributed by atoms with Crippen molar-refractivity contribution in [2.75, 3.05) is 0 Å². The van der Waals surface area contributed by atoms with Crippen molar-refractivity contribution in [1.82, 2.24) is 0 Å². The van der Waals surface area contributed by atoms with E-state index in [1.165, 1.54) is 24.0 Å². The maximum atomic E-state index is 9.48. The molecule has 0 spiro atoms. The first kappa shape index (κ1) is 9.22. The minimum Gasteiger partial charge on any atom is -0.508 e. The second-order valence-corrected chi connectivity index (χ2v) is 5.04. The number of rotatable bonds is 0. The summed E-state index contributed by atoms with van der Waals surface area (Å²) < 4.78 is 0. The van der Waals surface area contributed by atoms with E-state index >= 15 is 0 Å². The van der Waals surface area contributed by atoms with Gasteiger partial charge in [0, 0.05) is 6.04 Å². The molecule has 0 unspecified atom stereocenters. The van der Waals surface area contributed by atoms with Gasteiger partial charge < -0.3 is 10.8 Å². The van der Waals surface area contributed by atoms with E-state index in [1.54, 1.807) is 6.07 Å². The number of hydrogen-bond acceptors (Lipinski definition) is 2. The largest absolute Gasteiger partial charge is 0.508 e. The molecular formula is C13H17NO. The zero-order chi connectivity index (χ0) is 10.4. The average Bonchev–Trinajstić information content (AvgIpc) is 2.44. The smallest absolute Gasteiger partial charge is 0.115 e. The fourth-order valence-corrected chi connectivity index (χ4v) is 3.24. The van der Waals surface area contributed by atoms with Crippen LogP contribution in [0.2, 0.25) is 0 Å². The van der Waals surface area contributed by atoms with Crippen molar-refractivity contribution in [3.63, 3.8) is 0 Å². The van der Waals surface area contributed by atoms with Crippen LogP contribution in [-0.4, -0.2) is 11.1 Å². The molecule has 0 aromatic heterocycles. The van der Waals surface area contributed by atoms with Gasteiger partial charge in [-0.2, -0.15) is 0 Å². The highest BCUT2D eigenvalue weighted by Crippen LogP contribution is 2.39. The molecule has 2 aliphatic carbocycles. The molecular weight excluding hydrogens is 186 g/mol. The second-order valence-electron chi connectivity index (χ2n) is 5.04. The molecule has 0 radical (unpaired) electrons. The summed E-state index contributed by atoms with van der Waals surface area (Å²) in [5, 5.41) is 9.48. The number of phenolic OH excluding ortho intramolecular Hbond substituents is 1. The van der Waals surface area contributed by atoms with E-state index in [0.29, 0.717) is 23.6 Å². The predicted octanol–water partition coefficient (Wildman–Crippen LogP) is 1.84. The Bertz CT molecular complexity index is 388. The van der Waals surface area contributed by atoms with Crippen molar-refractivity contribution in [2.45, 2.75) is 31.7 Å². The second kappa shape index (κ2) is 3.24. The third-order valence-corrected chi connectivity index (χ3v) is 4.15. The van der Waals surface area contributed by atoms with Gasteiger partial charge in [-0.15, -0.1) is 0 Å². The Labute approximate surface area is 90.1 Å². The van der Waals surface area contributed by atoms with Crippen molar-refractivity contribution < 1.29 is 5.11 Å². The first-order chi connectivity index (χ1) is 7.24. The van der Waals surface area contributed by atoms with Gasteiger partial charge in [0.15, 0.2) is 0 Å². The van der Waals surface area contributed by atoms with E-state index in [-0.39, 0.29) is 0 Å². The number of hydrogen-bond donors (Lipinski definition) is 2. The molecule has 80 valence electrons. The van der Waals surface area contributed by atoms with Crippen LogP contribution in [0.1, 0.15) is 24.0 Å². The number of nitrogens with two attached hydrogens (primary N) is 1. The molecule has 1 saturated carbocycles. The average molecular weight is 203 g/mol. The summed E-state index contributed by atoms with van der Waals surface area (Å²) in [6, 6.07) is 6.16. The number of fused-ring (bicyclic) bond motifs is 3. The van der Waals surface area contributed by atoms with Crippen LogP contribution in [0.4, 0.5) is 0 Å². The Morgan fingerprint density at radius 3 is 2.47 bits per heavy atom. The van der Waals surface area contributed by atoms with Crippen molar-refractivity contribution in [2.24, 2.45) is 17.6 Å².